The first-order valence-electron chi connectivity index (χ1n) is 4.90. The van der Waals surface area contributed by atoms with Gasteiger partial charge in [0.1, 0.15) is 13.2 Å². The molecule has 0 amide bonds. The van der Waals surface area contributed by atoms with E-state index in [0.717, 1.165) is 19.3 Å². The number of rotatable bonds is 8. The molecule has 0 heterocycles. The van der Waals surface area contributed by atoms with Gasteiger partial charge in [0.2, 0.25) is 0 Å². The molecule has 0 rings (SSSR count). The topological polar surface area (TPSA) is 35.5 Å². The van der Waals surface area contributed by atoms with E-state index >= 15 is 0 Å². The Balaban J connectivity index is 3.17. The Morgan fingerprint density at radius 2 is 1.85 bits per heavy atom. The van der Waals surface area contributed by atoms with Crippen LogP contribution in [0.4, 0.5) is 0 Å². The van der Waals surface area contributed by atoms with Crippen molar-refractivity contribution in [2.45, 2.75) is 40.0 Å². The van der Waals surface area contributed by atoms with Crippen LogP contribution in [0, 0.1) is 5.92 Å². The van der Waals surface area contributed by atoms with E-state index in [1.165, 1.54) is 0 Å². The maximum Gasteiger partial charge on any atom is 0.697 e. The minimum Gasteiger partial charge on any atom is -0.119 e. The maximum atomic E-state index is 11.0. The van der Waals surface area contributed by atoms with Gasteiger partial charge in [0.25, 0.3) is 0 Å². The van der Waals surface area contributed by atoms with Crippen molar-refractivity contribution < 1.29 is 13.6 Å². The van der Waals surface area contributed by atoms with Crippen molar-refractivity contribution in [3.05, 3.63) is 0 Å². The Hall–Kier alpha value is 0.0200. The SMILES string of the molecule is CCCO[P+](=O)OCCCC(C)C. The van der Waals surface area contributed by atoms with Crippen LogP contribution in [0.2, 0.25) is 0 Å². The van der Waals surface area contributed by atoms with E-state index < -0.39 is 8.25 Å². The molecule has 0 aliphatic rings. The van der Waals surface area contributed by atoms with Crippen molar-refractivity contribution in [2.75, 3.05) is 13.2 Å². The van der Waals surface area contributed by atoms with Gasteiger partial charge in [-0.3, -0.25) is 0 Å². The minimum absolute atomic E-state index is 0.513. The molecule has 0 aromatic heterocycles. The summed E-state index contributed by atoms with van der Waals surface area (Å²) in [5, 5.41) is 0. The first-order chi connectivity index (χ1) is 6.16. The summed E-state index contributed by atoms with van der Waals surface area (Å²) >= 11 is 0. The molecule has 3 nitrogen and oxygen atoms in total. The van der Waals surface area contributed by atoms with Crippen molar-refractivity contribution in [2.24, 2.45) is 5.92 Å². The second-order valence-electron chi connectivity index (χ2n) is 3.43. The molecule has 13 heavy (non-hydrogen) atoms. The zero-order valence-corrected chi connectivity index (χ0v) is 9.68. The highest BCUT2D eigenvalue weighted by atomic mass is 31.1. The summed E-state index contributed by atoms with van der Waals surface area (Å²) in [6.07, 6.45) is 2.93. The molecule has 0 aromatic carbocycles. The molecule has 0 radical (unpaired) electrons. The largest absolute Gasteiger partial charge is 0.697 e. The molecule has 78 valence electrons. The monoisotopic (exact) mass is 207 g/mol. The fourth-order valence-corrected chi connectivity index (χ4v) is 1.52. The molecular formula is C9H20O3P+. The Labute approximate surface area is 81.8 Å². The first-order valence-corrected chi connectivity index (χ1v) is 5.99. The molecule has 0 aromatic rings. The Kier molecular flexibility index (Phi) is 8.62. The standard InChI is InChI=1S/C9H20O3P/c1-4-7-11-13(10)12-8-5-6-9(2)3/h9H,4-8H2,1-3H3/q+1. The summed E-state index contributed by atoms with van der Waals surface area (Å²) in [5.74, 6) is 0.679. The quantitative estimate of drug-likeness (QED) is 0.451. The van der Waals surface area contributed by atoms with E-state index in [1.54, 1.807) is 0 Å². The van der Waals surface area contributed by atoms with Crippen molar-refractivity contribution >= 4 is 8.25 Å². The van der Waals surface area contributed by atoms with Crippen LogP contribution < -0.4 is 0 Å². The fraction of sp³-hybridized carbons (Fsp3) is 1.00. The van der Waals surface area contributed by atoms with Crippen molar-refractivity contribution in [1.29, 1.82) is 0 Å². The van der Waals surface area contributed by atoms with E-state index in [9.17, 15) is 4.57 Å². The van der Waals surface area contributed by atoms with E-state index in [4.69, 9.17) is 9.05 Å². The molecule has 0 aliphatic carbocycles. The van der Waals surface area contributed by atoms with E-state index in [0.29, 0.717) is 19.1 Å². The summed E-state index contributed by atoms with van der Waals surface area (Å²) < 4.78 is 20.8. The summed E-state index contributed by atoms with van der Waals surface area (Å²) in [7, 11) is -1.87. The zero-order chi connectivity index (χ0) is 10.1. The molecular weight excluding hydrogens is 187 g/mol. The summed E-state index contributed by atoms with van der Waals surface area (Å²) in [6.45, 7) is 7.35. The van der Waals surface area contributed by atoms with Gasteiger partial charge in [-0.1, -0.05) is 20.8 Å². The highest BCUT2D eigenvalue weighted by molar-refractivity contribution is 7.33. The highest BCUT2D eigenvalue weighted by Gasteiger charge is 2.18. The lowest BCUT2D eigenvalue weighted by atomic mass is 10.1. The lowest BCUT2D eigenvalue weighted by molar-refractivity contribution is 0.220. The molecule has 1 unspecified atom stereocenters. The predicted molar refractivity (Wildman–Crippen MR) is 53.9 cm³/mol. The van der Waals surface area contributed by atoms with Crippen molar-refractivity contribution in [3.63, 3.8) is 0 Å². The molecule has 4 heteroatoms. The van der Waals surface area contributed by atoms with Crippen LogP contribution in [-0.2, 0) is 13.6 Å². The van der Waals surface area contributed by atoms with Gasteiger partial charge in [-0.25, -0.2) is 0 Å². The van der Waals surface area contributed by atoms with Crippen molar-refractivity contribution in [1.82, 2.24) is 0 Å². The highest BCUT2D eigenvalue weighted by Crippen LogP contribution is 2.24. The lowest BCUT2D eigenvalue weighted by Crippen LogP contribution is -1.93. The van der Waals surface area contributed by atoms with Crippen LogP contribution in [0.25, 0.3) is 0 Å². The number of hydrogen-bond acceptors (Lipinski definition) is 3. The fourth-order valence-electron chi connectivity index (χ4n) is 0.834. The third-order valence-electron chi connectivity index (χ3n) is 1.52. The minimum atomic E-state index is -1.87. The second-order valence-corrected chi connectivity index (χ2v) is 4.39. The van der Waals surface area contributed by atoms with Crippen LogP contribution in [-0.4, -0.2) is 13.2 Å². The smallest absolute Gasteiger partial charge is 0.119 e. The maximum absolute atomic E-state index is 11.0. The normalized spacial score (nSPS) is 12.2. The van der Waals surface area contributed by atoms with E-state index in [-0.39, 0.29) is 0 Å². The molecule has 0 spiro atoms. The van der Waals surface area contributed by atoms with Gasteiger partial charge < -0.3 is 0 Å². The molecule has 0 saturated carbocycles. The summed E-state index contributed by atoms with van der Waals surface area (Å²) in [4.78, 5) is 0. The van der Waals surface area contributed by atoms with Crippen LogP contribution in [0.1, 0.15) is 40.0 Å². The molecule has 0 saturated heterocycles. The van der Waals surface area contributed by atoms with Gasteiger partial charge in [-0.05, 0) is 25.2 Å². The Bertz CT molecular complexity index is 137. The van der Waals surface area contributed by atoms with Crippen LogP contribution in [0.5, 0.6) is 0 Å². The first kappa shape index (κ1) is 13.0. The third-order valence-corrected chi connectivity index (χ3v) is 2.31. The third kappa shape index (κ3) is 9.94. The van der Waals surface area contributed by atoms with Gasteiger partial charge in [-0.2, -0.15) is 0 Å². The second kappa shape index (κ2) is 8.61. The van der Waals surface area contributed by atoms with E-state index in [2.05, 4.69) is 13.8 Å². The van der Waals surface area contributed by atoms with Gasteiger partial charge in [0.15, 0.2) is 0 Å². The number of hydrogen-bond donors (Lipinski definition) is 0. The van der Waals surface area contributed by atoms with Crippen LogP contribution >= 0.6 is 8.25 Å². The van der Waals surface area contributed by atoms with E-state index in [1.807, 2.05) is 6.92 Å². The molecule has 1 atom stereocenters. The average Bonchev–Trinajstić information content (AvgIpc) is 2.08. The summed E-state index contributed by atoms with van der Waals surface area (Å²) in [6, 6.07) is 0. The predicted octanol–water partition coefficient (Wildman–Crippen LogP) is 3.52. The molecule has 0 N–H and O–H groups in total. The molecule has 0 fully saturated rings. The van der Waals surface area contributed by atoms with Gasteiger partial charge in [0, 0.05) is 4.57 Å². The zero-order valence-electron chi connectivity index (χ0n) is 8.78. The Morgan fingerprint density at radius 1 is 1.23 bits per heavy atom. The van der Waals surface area contributed by atoms with Crippen molar-refractivity contribution in [3.8, 4) is 0 Å². The van der Waals surface area contributed by atoms with Gasteiger partial charge >= 0.3 is 8.25 Å². The Morgan fingerprint density at radius 3 is 2.38 bits per heavy atom. The molecule has 0 bridgehead atoms. The average molecular weight is 207 g/mol. The molecule has 0 aliphatic heterocycles. The van der Waals surface area contributed by atoms with Crippen LogP contribution in [0.15, 0.2) is 0 Å². The van der Waals surface area contributed by atoms with Gasteiger partial charge in [0.05, 0.1) is 0 Å². The van der Waals surface area contributed by atoms with Crippen LogP contribution in [0.3, 0.4) is 0 Å². The lowest BCUT2D eigenvalue weighted by Gasteiger charge is -1.99. The summed E-state index contributed by atoms with van der Waals surface area (Å²) in [5.41, 5.74) is 0. The van der Waals surface area contributed by atoms with Gasteiger partial charge in [-0.15, -0.1) is 9.05 Å².